The first-order valence-electron chi connectivity index (χ1n) is 7.44. The highest BCUT2D eigenvalue weighted by Gasteiger charge is 2.79. The monoisotopic (exact) mass is 356 g/mol. The number of ether oxygens (including phenoxy) is 1. The van der Waals surface area contributed by atoms with Crippen LogP contribution in [0.15, 0.2) is 48.5 Å². The van der Waals surface area contributed by atoms with Crippen molar-refractivity contribution in [3.05, 3.63) is 74.8 Å². The lowest BCUT2D eigenvalue weighted by molar-refractivity contribution is -0.500. The Labute approximate surface area is 148 Å². The maximum Gasteiger partial charge on any atom is 0.248 e. The number of nitriles is 1. The maximum atomic E-state index is 12.9. The summed E-state index contributed by atoms with van der Waals surface area (Å²) in [5.74, 6) is -0.808. The van der Waals surface area contributed by atoms with Crippen LogP contribution in [0.5, 0.6) is 5.75 Å². The van der Waals surface area contributed by atoms with E-state index >= 15 is 0 Å². The second-order valence-corrected chi connectivity index (χ2v) is 6.23. The zero-order valence-electron chi connectivity index (χ0n) is 13.2. The SMILES string of the molecule is COc1ccc(C(=O)[C@@]2(C#N)[C@H](c3ccc(Cl)cc3)[C@H]2[N+](=O)[O-])cc1. The number of benzene rings is 2. The lowest BCUT2D eigenvalue weighted by Crippen LogP contribution is -2.22. The molecule has 0 amide bonds. The van der Waals surface area contributed by atoms with Gasteiger partial charge in [0.15, 0.2) is 5.78 Å². The molecule has 0 N–H and O–H groups in total. The molecule has 3 rings (SSSR count). The van der Waals surface area contributed by atoms with E-state index in [-0.39, 0.29) is 5.56 Å². The van der Waals surface area contributed by atoms with Crippen LogP contribution in [0.3, 0.4) is 0 Å². The minimum Gasteiger partial charge on any atom is -0.497 e. The standard InChI is InChI=1S/C18H13ClN2O4/c1-25-14-8-4-12(5-9-14)17(22)18(10-20)15(16(18)21(23)24)11-2-6-13(19)7-3-11/h2-9,15-16H,1H3/t15-,16-,18+/m1/s1. The normalized spacial score (nSPS) is 24.2. The molecule has 0 saturated heterocycles. The Morgan fingerprint density at radius 2 is 1.84 bits per heavy atom. The van der Waals surface area contributed by atoms with E-state index in [2.05, 4.69) is 0 Å². The van der Waals surface area contributed by atoms with Crippen LogP contribution in [0.2, 0.25) is 5.02 Å². The van der Waals surface area contributed by atoms with Gasteiger partial charge in [0.1, 0.15) is 5.75 Å². The van der Waals surface area contributed by atoms with Crippen molar-refractivity contribution < 1.29 is 14.5 Å². The molecule has 0 aliphatic heterocycles. The van der Waals surface area contributed by atoms with Crippen molar-refractivity contribution in [2.24, 2.45) is 5.41 Å². The summed E-state index contributed by atoms with van der Waals surface area (Å²) in [7, 11) is 1.49. The molecule has 6 nitrogen and oxygen atoms in total. The van der Waals surface area contributed by atoms with Gasteiger partial charge in [-0.1, -0.05) is 23.7 Å². The lowest BCUT2D eigenvalue weighted by Gasteiger charge is -2.07. The number of halogens is 1. The number of nitro groups is 1. The second-order valence-electron chi connectivity index (χ2n) is 5.80. The van der Waals surface area contributed by atoms with Crippen molar-refractivity contribution in [2.45, 2.75) is 12.0 Å². The summed E-state index contributed by atoms with van der Waals surface area (Å²) in [6.07, 6.45) is 0. The number of hydrogen-bond donors (Lipinski definition) is 0. The van der Waals surface area contributed by atoms with Crippen LogP contribution in [0, 0.1) is 26.9 Å². The Kier molecular flexibility index (Phi) is 4.19. The molecule has 0 unspecified atom stereocenters. The third-order valence-electron chi connectivity index (χ3n) is 4.53. The number of carbonyl (C=O) groups is 1. The maximum absolute atomic E-state index is 12.9. The molecule has 0 bridgehead atoms. The van der Waals surface area contributed by atoms with E-state index in [0.717, 1.165) is 0 Å². The first kappa shape index (κ1) is 16.9. The molecule has 7 heteroatoms. The molecule has 0 heterocycles. The third-order valence-corrected chi connectivity index (χ3v) is 4.78. The van der Waals surface area contributed by atoms with E-state index in [1.807, 2.05) is 6.07 Å². The zero-order valence-corrected chi connectivity index (χ0v) is 13.9. The van der Waals surface area contributed by atoms with E-state index in [0.29, 0.717) is 16.3 Å². The first-order chi connectivity index (χ1) is 12.0. The largest absolute Gasteiger partial charge is 0.497 e. The van der Waals surface area contributed by atoms with Gasteiger partial charge in [0.05, 0.1) is 19.1 Å². The summed E-state index contributed by atoms with van der Waals surface area (Å²) in [4.78, 5) is 23.9. The second kappa shape index (κ2) is 6.19. The molecular formula is C18H13ClN2O4. The summed E-state index contributed by atoms with van der Waals surface area (Å²) in [5.41, 5.74) is -0.925. The van der Waals surface area contributed by atoms with Gasteiger partial charge < -0.3 is 4.74 Å². The van der Waals surface area contributed by atoms with E-state index < -0.39 is 28.1 Å². The first-order valence-corrected chi connectivity index (χ1v) is 7.82. The summed E-state index contributed by atoms with van der Waals surface area (Å²) in [6.45, 7) is 0. The fourth-order valence-corrected chi connectivity index (χ4v) is 3.34. The van der Waals surface area contributed by atoms with Gasteiger partial charge in [-0.25, -0.2) is 0 Å². The van der Waals surface area contributed by atoms with Gasteiger partial charge in [-0.05, 0) is 42.0 Å². The molecule has 1 aliphatic carbocycles. The average Bonchev–Trinajstić information content (AvgIpc) is 3.32. The highest BCUT2D eigenvalue weighted by Crippen LogP contribution is 2.62. The van der Waals surface area contributed by atoms with Gasteiger partial charge in [0.2, 0.25) is 11.5 Å². The van der Waals surface area contributed by atoms with Crippen LogP contribution in [-0.4, -0.2) is 23.9 Å². The van der Waals surface area contributed by atoms with Gasteiger partial charge in [0, 0.05) is 15.5 Å². The number of hydrogen-bond acceptors (Lipinski definition) is 5. The number of ketones is 1. The predicted octanol–water partition coefficient (Wildman–Crippen LogP) is 3.48. The molecule has 2 aromatic carbocycles. The number of carbonyl (C=O) groups excluding carboxylic acids is 1. The molecule has 1 saturated carbocycles. The fraction of sp³-hybridized carbons (Fsp3) is 0.222. The third kappa shape index (κ3) is 2.63. The minimum atomic E-state index is -1.72. The smallest absolute Gasteiger partial charge is 0.248 e. The number of nitrogens with zero attached hydrogens (tertiary/aromatic N) is 2. The van der Waals surface area contributed by atoms with Crippen molar-refractivity contribution >= 4 is 17.4 Å². The molecule has 126 valence electrons. The van der Waals surface area contributed by atoms with Crippen molar-refractivity contribution in [3.8, 4) is 11.8 Å². The highest BCUT2D eigenvalue weighted by molar-refractivity contribution is 6.30. The van der Waals surface area contributed by atoms with E-state index in [1.165, 1.54) is 19.2 Å². The molecule has 1 fully saturated rings. The molecule has 0 aromatic heterocycles. The van der Waals surface area contributed by atoms with E-state index in [9.17, 15) is 20.2 Å². The van der Waals surface area contributed by atoms with Crippen LogP contribution in [0.4, 0.5) is 0 Å². The predicted molar refractivity (Wildman–Crippen MR) is 90.3 cm³/mol. The molecule has 0 radical (unpaired) electrons. The van der Waals surface area contributed by atoms with Crippen molar-refractivity contribution in [2.75, 3.05) is 7.11 Å². The van der Waals surface area contributed by atoms with Gasteiger partial charge >= 0.3 is 0 Å². The van der Waals surface area contributed by atoms with Gasteiger partial charge in [-0.3, -0.25) is 14.9 Å². The Balaban J connectivity index is 2.02. The van der Waals surface area contributed by atoms with Gasteiger partial charge in [0.25, 0.3) is 0 Å². The van der Waals surface area contributed by atoms with Gasteiger partial charge in [-0.2, -0.15) is 5.26 Å². The summed E-state index contributed by atoms with van der Waals surface area (Å²) in [6, 6.07) is 13.2. The molecular weight excluding hydrogens is 344 g/mol. The molecule has 0 spiro atoms. The summed E-state index contributed by atoms with van der Waals surface area (Å²) < 4.78 is 5.04. The molecule has 3 atom stereocenters. The van der Waals surface area contributed by atoms with Gasteiger partial charge in [-0.15, -0.1) is 0 Å². The molecule has 25 heavy (non-hydrogen) atoms. The van der Waals surface area contributed by atoms with Crippen molar-refractivity contribution in [1.82, 2.24) is 0 Å². The Morgan fingerprint density at radius 1 is 1.24 bits per heavy atom. The number of Topliss-reactive ketones (excluding diaryl/α,β-unsaturated/α-hetero) is 1. The topological polar surface area (TPSA) is 93.2 Å². The number of rotatable bonds is 5. The Morgan fingerprint density at radius 3 is 2.32 bits per heavy atom. The summed E-state index contributed by atoms with van der Waals surface area (Å²) in [5, 5.41) is 21.6. The van der Waals surface area contributed by atoms with Crippen molar-refractivity contribution in [1.29, 1.82) is 5.26 Å². The fourth-order valence-electron chi connectivity index (χ4n) is 3.22. The molecule has 2 aromatic rings. The lowest BCUT2D eigenvalue weighted by atomic mass is 9.91. The van der Waals surface area contributed by atoms with Crippen LogP contribution in [0.1, 0.15) is 21.8 Å². The van der Waals surface area contributed by atoms with Crippen LogP contribution in [-0.2, 0) is 0 Å². The van der Waals surface area contributed by atoms with E-state index in [4.69, 9.17) is 16.3 Å². The van der Waals surface area contributed by atoms with Crippen LogP contribution >= 0.6 is 11.6 Å². The Hall–Kier alpha value is -2.91. The average molecular weight is 357 g/mol. The zero-order chi connectivity index (χ0) is 18.2. The van der Waals surface area contributed by atoms with E-state index in [1.54, 1.807) is 36.4 Å². The minimum absolute atomic E-state index is 0.241. The highest BCUT2D eigenvalue weighted by atomic mass is 35.5. The van der Waals surface area contributed by atoms with Crippen molar-refractivity contribution in [3.63, 3.8) is 0 Å². The summed E-state index contributed by atoms with van der Waals surface area (Å²) >= 11 is 5.85. The number of methoxy groups -OCH3 is 1. The quantitative estimate of drug-likeness (QED) is 0.464. The Bertz CT molecular complexity index is 873. The van der Waals surface area contributed by atoms with Crippen LogP contribution < -0.4 is 4.74 Å². The van der Waals surface area contributed by atoms with Crippen LogP contribution in [0.25, 0.3) is 0 Å². The molecule has 1 aliphatic rings.